The molecule has 2 aliphatic heterocycles. The second kappa shape index (κ2) is 9.09. The third kappa shape index (κ3) is 3.90. The number of aliphatic hydroxyl groups excluding tert-OH is 1. The number of ether oxygens (including phenoxy) is 1. The average molecular weight is 508 g/mol. The lowest BCUT2D eigenvalue weighted by Crippen LogP contribution is -2.54. The number of benzene rings is 2. The molecule has 1 spiro atoms. The van der Waals surface area contributed by atoms with Gasteiger partial charge >= 0.3 is 0 Å². The van der Waals surface area contributed by atoms with Gasteiger partial charge in [0.05, 0.1) is 25.3 Å². The predicted octanol–water partition coefficient (Wildman–Crippen LogP) is 4.66. The van der Waals surface area contributed by atoms with E-state index in [9.17, 15) is 9.90 Å². The van der Waals surface area contributed by atoms with Gasteiger partial charge in [-0.3, -0.25) is 9.69 Å². The molecule has 1 amide bonds. The molecule has 1 aromatic heterocycles. The van der Waals surface area contributed by atoms with Crippen molar-refractivity contribution in [3.8, 4) is 5.75 Å². The van der Waals surface area contributed by atoms with Crippen LogP contribution in [-0.4, -0.2) is 58.7 Å². The first-order chi connectivity index (χ1) is 17.4. The summed E-state index contributed by atoms with van der Waals surface area (Å²) >= 11 is 6.32. The molecule has 36 heavy (non-hydrogen) atoms. The predicted molar refractivity (Wildman–Crippen MR) is 141 cm³/mol. The average Bonchev–Trinajstić information content (AvgIpc) is 3.69. The molecule has 190 valence electrons. The van der Waals surface area contributed by atoms with E-state index in [1.165, 1.54) is 16.6 Å². The van der Waals surface area contributed by atoms with Crippen LogP contribution in [0.1, 0.15) is 48.5 Å². The number of hydrogen-bond acceptors (Lipinski definition) is 4. The minimum absolute atomic E-state index is 0.0389. The van der Waals surface area contributed by atoms with E-state index in [4.69, 9.17) is 16.3 Å². The Labute approximate surface area is 217 Å². The highest BCUT2D eigenvalue weighted by Gasteiger charge is 2.49. The van der Waals surface area contributed by atoms with Crippen LogP contribution < -0.4 is 4.74 Å². The Morgan fingerprint density at radius 3 is 2.61 bits per heavy atom. The molecular formula is C29H34ClN3O3. The van der Waals surface area contributed by atoms with Crippen molar-refractivity contribution < 1.29 is 14.6 Å². The number of rotatable bonds is 5. The zero-order valence-corrected chi connectivity index (χ0v) is 21.8. The summed E-state index contributed by atoms with van der Waals surface area (Å²) in [7, 11) is 3.80. The molecule has 0 radical (unpaired) electrons. The Morgan fingerprint density at radius 1 is 1.17 bits per heavy atom. The molecule has 1 atom stereocenters. The third-order valence-corrected chi connectivity index (χ3v) is 8.89. The van der Waals surface area contributed by atoms with Crippen LogP contribution in [0.25, 0.3) is 10.9 Å². The van der Waals surface area contributed by atoms with Crippen LogP contribution in [0.2, 0.25) is 5.02 Å². The highest BCUT2D eigenvalue weighted by molar-refractivity contribution is 6.30. The molecule has 6 rings (SSSR count). The Kier molecular flexibility index (Phi) is 6.02. The Morgan fingerprint density at radius 2 is 1.94 bits per heavy atom. The molecule has 3 aliphatic rings. The van der Waals surface area contributed by atoms with E-state index in [0.29, 0.717) is 12.5 Å². The summed E-state index contributed by atoms with van der Waals surface area (Å²) in [5, 5.41) is 12.7. The number of aromatic nitrogens is 1. The van der Waals surface area contributed by atoms with Crippen LogP contribution in [0.3, 0.4) is 0 Å². The fourth-order valence-corrected chi connectivity index (χ4v) is 6.86. The first kappa shape index (κ1) is 23.8. The molecule has 0 bridgehead atoms. The summed E-state index contributed by atoms with van der Waals surface area (Å²) in [6.07, 6.45) is 3.93. The lowest BCUT2D eigenvalue weighted by atomic mass is 9.68. The highest BCUT2D eigenvalue weighted by atomic mass is 35.5. The Hall–Kier alpha value is -2.54. The summed E-state index contributed by atoms with van der Waals surface area (Å²) in [5.74, 6) is 1.42. The molecule has 1 N–H and O–H groups in total. The molecule has 7 heteroatoms. The Bertz CT molecular complexity index is 1310. The fourth-order valence-electron chi connectivity index (χ4n) is 6.65. The van der Waals surface area contributed by atoms with E-state index in [1.54, 1.807) is 7.11 Å². The van der Waals surface area contributed by atoms with Crippen LogP contribution in [-0.2, 0) is 23.8 Å². The molecule has 1 aliphatic carbocycles. The summed E-state index contributed by atoms with van der Waals surface area (Å²) in [5.41, 5.74) is 4.70. The maximum atomic E-state index is 12.9. The molecule has 6 nitrogen and oxygen atoms in total. The highest BCUT2D eigenvalue weighted by Crippen LogP contribution is 2.50. The van der Waals surface area contributed by atoms with Crippen LogP contribution in [0, 0.1) is 5.92 Å². The Balaban J connectivity index is 1.45. The number of nitrogens with zero attached hydrogens (tertiary/aromatic N) is 3. The number of aryl methyl sites for hydroxylation is 1. The first-order valence-corrected chi connectivity index (χ1v) is 13.4. The smallest absolute Gasteiger partial charge is 0.225 e. The molecule has 1 saturated carbocycles. The molecule has 0 unspecified atom stereocenters. The van der Waals surface area contributed by atoms with Crippen molar-refractivity contribution in [1.29, 1.82) is 0 Å². The number of likely N-dealkylation sites (tertiary alicyclic amines) is 1. The standard InChI is InChI=1S/C29H34ClN3O3/c1-31-24-15-22(36-2)8-9-23(24)26-27(31)25(17-34)33(16-19-4-3-5-21(30)14-19)18-29(26)10-12-32(13-11-29)28(35)20-6-7-20/h3-5,8-9,14-15,20,25,34H,6-7,10-13,16-18H2,1-2H3/t25-/m0/s1. The van der Waals surface area contributed by atoms with E-state index in [0.717, 1.165) is 67.2 Å². The zero-order chi connectivity index (χ0) is 25.0. The zero-order valence-electron chi connectivity index (χ0n) is 21.0. The largest absolute Gasteiger partial charge is 0.497 e. The monoisotopic (exact) mass is 507 g/mol. The van der Waals surface area contributed by atoms with Crippen LogP contribution in [0.4, 0.5) is 0 Å². The second-order valence-electron chi connectivity index (χ2n) is 10.8. The lowest BCUT2D eigenvalue weighted by Gasteiger charge is -2.50. The van der Waals surface area contributed by atoms with E-state index in [-0.39, 0.29) is 24.0 Å². The van der Waals surface area contributed by atoms with Crippen molar-refractivity contribution >= 4 is 28.4 Å². The van der Waals surface area contributed by atoms with Crippen molar-refractivity contribution in [3.63, 3.8) is 0 Å². The number of halogens is 1. The quantitative estimate of drug-likeness (QED) is 0.545. The van der Waals surface area contributed by atoms with Gasteiger partial charge in [-0.15, -0.1) is 0 Å². The number of carbonyl (C=O) groups is 1. The number of fused-ring (bicyclic) bond motifs is 4. The number of piperidine rings is 1. The molecule has 3 aromatic rings. The summed E-state index contributed by atoms with van der Waals surface area (Å²) < 4.78 is 7.80. The maximum Gasteiger partial charge on any atom is 0.225 e. The van der Waals surface area contributed by atoms with E-state index in [1.807, 2.05) is 24.3 Å². The summed E-state index contributed by atoms with van der Waals surface area (Å²) in [4.78, 5) is 17.4. The summed E-state index contributed by atoms with van der Waals surface area (Å²) in [6.45, 7) is 3.17. The van der Waals surface area contributed by atoms with E-state index < -0.39 is 0 Å². The van der Waals surface area contributed by atoms with E-state index >= 15 is 0 Å². The van der Waals surface area contributed by atoms with Crippen LogP contribution in [0.5, 0.6) is 5.75 Å². The molecular weight excluding hydrogens is 474 g/mol. The van der Waals surface area contributed by atoms with Crippen LogP contribution >= 0.6 is 11.6 Å². The van der Waals surface area contributed by atoms with Gasteiger partial charge in [0.15, 0.2) is 0 Å². The van der Waals surface area contributed by atoms with E-state index in [2.05, 4.69) is 39.6 Å². The van der Waals surface area contributed by atoms with Gasteiger partial charge in [-0.1, -0.05) is 23.7 Å². The van der Waals surface area contributed by atoms with Gasteiger partial charge in [-0.25, -0.2) is 0 Å². The maximum absolute atomic E-state index is 12.9. The molecule has 3 heterocycles. The minimum Gasteiger partial charge on any atom is -0.497 e. The van der Waals surface area contributed by atoms with Gasteiger partial charge in [0, 0.05) is 66.7 Å². The van der Waals surface area contributed by atoms with Gasteiger partial charge in [0.25, 0.3) is 0 Å². The SMILES string of the molecule is COc1ccc2c3c(n(C)c2c1)[C@H](CO)N(Cc1cccc(Cl)c1)CC31CCN(C(=O)C2CC2)CC1. The topological polar surface area (TPSA) is 57.9 Å². The van der Waals surface area contributed by atoms with Gasteiger partial charge in [0.2, 0.25) is 5.91 Å². The number of aliphatic hydroxyl groups is 1. The fraction of sp³-hybridized carbons (Fsp3) is 0.483. The minimum atomic E-state index is -0.126. The number of hydrogen-bond donors (Lipinski definition) is 1. The molecule has 2 fully saturated rings. The van der Waals surface area contributed by atoms with Gasteiger partial charge in [0.1, 0.15) is 5.75 Å². The number of amides is 1. The lowest BCUT2D eigenvalue weighted by molar-refractivity contribution is -0.134. The van der Waals surface area contributed by atoms with Crippen molar-refractivity contribution in [3.05, 3.63) is 64.3 Å². The third-order valence-electron chi connectivity index (χ3n) is 8.65. The first-order valence-electron chi connectivity index (χ1n) is 13.0. The molecule has 2 aromatic carbocycles. The van der Waals surface area contributed by atoms with Gasteiger partial charge in [-0.2, -0.15) is 0 Å². The molecule has 1 saturated heterocycles. The normalized spacial score (nSPS) is 21.7. The van der Waals surface area contributed by atoms with Crippen molar-refractivity contribution in [1.82, 2.24) is 14.4 Å². The number of carbonyl (C=O) groups excluding carboxylic acids is 1. The van der Waals surface area contributed by atoms with Crippen LogP contribution in [0.15, 0.2) is 42.5 Å². The van der Waals surface area contributed by atoms with Crippen molar-refractivity contribution in [2.24, 2.45) is 13.0 Å². The van der Waals surface area contributed by atoms with Gasteiger partial charge < -0.3 is 19.3 Å². The van der Waals surface area contributed by atoms with Crippen molar-refractivity contribution in [2.45, 2.75) is 43.7 Å². The van der Waals surface area contributed by atoms with Gasteiger partial charge in [-0.05, 0) is 61.1 Å². The van der Waals surface area contributed by atoms with Crippen molar-refractivity contribution in [2.75, 3.05) is 33.4 Å². The number of methoxy groups -OCH3 is 1. The second-order valence-corrected chi connectivity index (χ2v) is 11.3. The summed E-state index contributed by atoms with van der Waals surface area (Å²) in [6, 6.07) is 14.2.